The third kappa shape index (κ3) is 5.51. The van der Waals surface area contributed by atoms with E-state index in [9.17, 15) is 14.0 Å². The average molecular weight is 761 g/mol. The van der Waals surface area contributed by atoms with Gasteiger partial charge in [-0.1, -0.05) is 11.6 Å². The molecular formula is C40H44ClF3N8O2. The minimum absolute atomic E-state index is 0.0238. The topological polar surface area (TPSA) is 108 Å². The van der Waals surface area contributed by atoms with Crippen molar-refractivity contribution in [2.24, 2.45) is 11.8 Å². The molecule has 4 fully saturated rings. The number of benzene rings is 1. The number of likely N-dealkylation sites (tertiary alicyclic amines) is 1. The van der Waals surface area contributed by atoms with Crippen LogP contribution in [-0.2, 0) is 10.2 Å². The first-order chi connectivity index (χ1) is 25.6. The van der Waals surface area contributed by atoms with Crippen LogP contribution in [0.1, 0.15) is 95.2 Å². The normalized spacial score (nSPS) is 26.4. The Kier molecular flexibility index (Phi) is 7.97. The summed E-state index contributed by atoms with van der Waals surface area (Å²) in [6.07, 6.45) is 8.60. The van der Waals surface area contributed by atoms with E-state index in [0.29, 0.717) is 40.8 Å². The molecule has 2 atom stereocenters. The number of nitrogens with zero attached hydrogens (tertiary/aromatic N) is 6. The SMILES string of the molecule is CC(C)n1cnc2cc(-c3cnc4c(c3)N([C@H]3C[C@@](C)(N5CCC6CC6C5)C3)C(=O)C4(C)C)nc(Nc3cc(C(=O)NC4(CF)CC4)c(Cl)c(F)c3F)c21. The van der Waals surface area contributed by atoms with Gasteiger partial charge in [-0.25, -0.2) is 23.1 Å². The fraction of sp³-hybridized carbons (Fsp3) is 0.525. The number of alkyl halides is 1. The van der Waals surface area contributed by atoms with Gasteiger partial charge in [-0.2, -0.15) is 0 Å². The number of amides is 2. The summed E-state index contributed by atoms with van der Waals surface area (Å²) in [5.74, 6) is -1.61. The molecule has 1 saturated heterocycles. The quantitative estimate of drug-likeness (QED) is 0.167. The zero-order valence-electron chi connectivity index (χ0n) is 31.1. The molecule has 5 aliphatic rings. The predicted octanol–water partition coefficient (Wildman–Crippen LogP) is 7.87. The molecule has 2 amide bonds. The summed E-state index contributed by atoms with van der Waals surface area (Å²) in [6, 6.07) is 4.84. The molecule has 0 bridgehead atoms. The third-order valence-corrected chi connectivity index (χ3v) is 13.2. The van der Waals surface area contributed by atoms with Gasteiger partial charge in [0.25, 0.3) is 5.91 Å². The lowest BCUT2D eigenvalue weighted by Gasteiger charge is -2.55. The van der Waals surface area contributed by atoms with Gasteiger partial charge in [0.1, 0.15) is 12.2 Å². The molecule has 1 aromatic carbocycles. The van der Waals surface area contributed by atoms with Crippen molar-refractivity contribution in [1.29, 1.82) is 0 Å². The molecular weight excluding hydrogens is 717 g/mol. The van der Waals surface area contributed by atoms with Crippen molar-refractivity contribution in [2.75, 3.05) is 30.0 Å². The molecule has 4 aromatic rings. The van der Waals surface area contributed by atoms with Crippen LogP contribution in [0, 0.1) is 23.5 Å². The van der Waals surface area contributed by atoms with Crippen molar-refractivity contribution in [2.45, 2.75) is 102 Å². The largest absolute Gasteiger partial charge is 0.344 e. The number of rotatable bonds is 9. The van der Waals surface area contributed by atoms with E-state index in [2.05, 4.69) is 27.4 Å². The number of nitrogens with one attached hydrogen (secondary N) is 2. The first-order valence-corrected chi connectivity index (χ1v) is 19.3. The maximum Gasteiger partial charge on any atom is 0.253 e. The monoisotopic (exact) mass is 760 g/mol. The van der Waals surface area contributed by atoms with E-state index in [1.54, 1.807) is 18.6 Å². The molecule has 284 valence electrons. The van der Waals surface area contributed by atoms with Gasteiger partial charge >= 0.3 is 0 Å². The van der Waals surface area contributed by atoms with Crippen LogP contribution in [0.15, 0.2) is 30.7 Å². The van der Waals surface area contributed by atoms with Crippen LogP contribution in [0.5, 0.6) is 0 Å². The second kappa shape index (κ2) is 12.1. The number of carbonyl (C=O) groups excluding carboxylic acids is 2. The molecule has 2 unspecified atom stereocenters. The molecule has 14 heteroatoms. The number of fused-ring (bicyclic) bond motifs is 3. The van der Waals surface area contributed by atoms with E-state index in [4.69, 9.17) is 21.6 Å². The number of hydrogen-bond donors (Lipinski definition) is 2. The van der Waals surface area contributed by atoms with Crippen molar-refractivity contribution in [3.05, 3.63) is 58.6 Å². The first kappa shape index (κ1) is 35.5. The molecule has 2 N–H and O–H groups in total. The summed E-state index contributed by atoms with van der Waals surface area (Å²) in [5, 5.41) is 4.82. The molecule has 9 rings (SSSR count). The number of anilines is 3. The predicted molar refractivity (Wildman–Crippen MR) is 201 cm³/mol. The molecule has 2 aliphatic heterocycles. The Hall–Kier alpha value is -4.23. The third-order valence-electron chi connectivity index (χ3n) is 12.8. The molecule has 10 nitrogen and oxygen atoms in total. The van der Waals surface area contributed by atoms with Crippen molar-refractivity contribution in [3.8, 4) is 11.3 Å². The average Bonchev–Trinajstić information content (AvgIpc) is 4.04. The van der Waals surface area contributed by atoms with Gasteiger partial charge in [-0.3, -0.25) is 19.5 Å². The van der Waals surface area contributed by atoms with Gasteiger partial charge in [0.15, 0.2) is 17.5 Å². The smallest absolute Gasteiger partial charge is 0.253 e. The van der Waals surface area contributed by atoms with E-state index in [-0.39, 0.29) is 40.6 Å². The van der Waals surface area contributed by atoms with Crippen LogP contribution in [0.25, 0.3) is 22.3 Å². The Morgan fingerprint density at radius 1 is 1.07 bits per heavy atom. The first-order valence-electron chi connectivity index (χ1n) is 18.9. The van der Waals surface area contributed by atoms with Gasteiger partial charge in [0, 0.05) is 35.9 Å². The van der Waals surface area contributed by atoms with Gasteiger partial charge in [0.2, 0.25) is 5.91 Å². The minimum Gasteiger partial charge on any atom is -0.344 e. The number of hydrogen-bond acceptors (Lipinski definition) is 7. The summed E-state index contributed by atoms with van der Waals surface area (Å²) < 4.78 is 46.4. The highest BCUT2D eigenvalue weighted by Crippen LogP contribution is 2.53. The highest BCUT2D eigenvalue weighted by molar-refractivity contribution is 6.34. The molecule has 0 radical (unpaired) electrons. The van der Waals surface area contributed by atoms with Gasteiger partial charge in [0.05, 0.1) is 56.1 Å². The van der Waals surface area contributed by atoms with Crippen molar-refractivity contribution in [3.63, 3.8) is 0 Å². The minimum atomic E-state index is -1.42. The lowest BCUT2D eigenvalue weighted by molar-refractivity contribution is -0.124. The van der Waals surface area contributed by atoms with Gasteiger partial charge < -0.3 is 20.1 Å². The zero-order valence-corrected chi connectivity index (χ0v) is 31.8. The number of carbonyl (C=O) groups is 2. The van der Waals surface area contributed by atoms with Crippen molar-refractivity contribution >= 4 is 51.6 Å². The Balaban J connectivity index is 1.08. The number of halogens is 4. The van der Waals surface area contributed by atoms with E-state index < -0.39 is 40.2 Å². The fourth-order valence-electron chi connectivity index (χ4n) is 9.03. The zero-order chi connectivity index (χ0) is 38.1. The van der Waals surface area contributed by atoms with Crippen LogP contribution in [0.4, 0.5) is 30.4 Å². The van der Waals surface area contributed by atoms with Crippen molar-refractivity contribution in [1.82, 2.24) is 29.7 Å². The fourth-order valence-corrected chi connectivity index (χ4v) is 9.25. The highest BCUT2D eigenvalue weighted by Gasteiger charge is 2.56. The van der Waals surface area contributed by atoms with Gasteiger partial charge in [-0.05, 0) is 110 Å². The molecule has 3 aromatic heterocycles. The van der Waals surface area contributed by atoms with E-state index in [1.807, 2.05) is 43.2 Å². The number of aromatic nitrogens is 4. The molecule has 3 aliphatic carbocycles. The Bertz CT molecular complexity index is 2250. The lowest BCUT2D eigenvalue weighted by atomic mass is 9.71. The molecule has 5 heterocycles. The van der Waals surface area contributed by atoms with Gasteiger partial charge in [-0.15, -0.1) is 0 Å². The Labute approximate surface area is 316 Å². The molecule has 3 saturated carbocycles. The summed E-state index contributed by atoms with van der Waals surface area (Å²) in [7, 11) is 0. The maximum atomic E-state index is 15.6. The summed E-state index contributed by atoms with van der Waals surface area (Å²) in [4.78, 5) is 46.2. The van der Waals surface area contributed by atoms with E-state index >= 15 is 8.78 Å². The lowest BCUT2D eigenvalue weighted by Crippen LogP contribution is -2.64. The van der Waals surface area contributed by atoms with Crippen LogP contribution < -0.4 is 15.5 Å². The van der Waals surface area contributed by atoms with Crippen LogP contribution in [0.3, 0.4) is 0 Å². The van der Waals surface area contributed by atoms with Crippen LogP contribution in [0.2, 0.25) is 5.02 Å². The second-order valence-corrected chi connectivity index (χ2v) is 17.7. The number of pyridine rings is 2. The number of piperidine rings is 1. The Morgan fingerprint density at radius 2 is 1.83 bits per heavy atom. The number of imidazole rings is 1. The van der Waals surface area contributed by atoms with E-state index in [0.717, 1.165) is 49.5 Å². The summed E-state index contributed by atoms with van der Waals surface area (Å²) >= 11 is 6.13. The van der Waals surface area contributed by atoms with Crippen molar-refractivity contribution < 1.29 is 22.8 Å². The van der Waals surface area contributed by atoms with Crippen LogP contribution in [-0.4, -0.2) is 73.1 Å². The summed E-state index contributed by atoms with van der Waals surface area (Å²) in [5.41, 5.74) is 1.11. The Morgan fingerprint density at radius 3 is 2.52 bits per heavy atom. The highest BCUT2D eigenvalue weighted by atomic mass is 35.5. The molecule has 54 heavy (non-hydrogen) atoms. The van der Waals surface area contributed by atoms with E-state index in [1.165, 1.54) is 12.8 Å². The second-order valence-electron chi connectivity index (χ2n) is 17.3. The van der Waals surface area contributed by atoms with Crippen LogP contribution >= 0.6 is 11.6 Å². The maximum absolute atomic E-state index is 15.6. The molecule has 0 spiro atoms. The standard InChI is InChI=1S/C40H44ClF3N8O2/c1-20(2)51-19-46-28-13-26(47-35(33(28)51)48-27-12-25(30(41)32(44)31(27)43)36(53)49-40(18-42)7-8-40)22-11-29-34(45-16-22)38(3,4)37(54)52(29)24-14-39(5,15-24)50-9-6-21-10-23(21)17-50/h11-13,16,19-21,23-24H,6-10,14-15,17-18H2,1-5H3,(H,47,48)(H,49,53)/t21?,23?,24-,39+. The summed E-state index contributed by atoms with van der Waals surface area (Å²) in [6.45, 7) is 11.6.